The second-order valence-electron chi connectivity index (χ2n) is 7.15. The van der Waals surface area contributed by atoms with E-state index >= 15 is 0 Å². The first-order chi connectivity index (χ1) is 12.8. The number of piperidine rings is 1. The normalized spacial score (nSPS) is 16.3. The highest BCUT2D eigenvalue weighted by molar-refractivity contribution is 6.05. The van der Waals surface area contributed by atoms with E-state index in [1.807, 2.05) is 12.1 Å². The molecular formula is C21H23F3N2O. The Bertz CT molecular complexity index is 779. The van der Waals surface area contributed by atoms with Crippen LogP contribution in [0.3, 0.4) is 0 Å². The molecule has 0 bridgehead atoms. The van der Waals surface area contributed by atoms with Crippen molar-refractivity contribution in [1.82, 2.24) is 4.90 Å². The zero-order chi connectivity index (χ0) is 19.4. The van der Waals surface area contributed by atoms with E-state index in [0.29, 0.717) is 5.69 Å². The third-order valence-corrected chi connectivity index (χ3v) is 4.97. The molecule has 144 valence electrons. The highest BCUT2D eigenvalue weighted by atomic mass is 19.4. The largest absolute Gasteiger partial charge is 0.417 e. The van der Waals surface area contributed by atoms with E-state index in [9.17, 15) is 18.0 Å². The number of halogens is 3. The summed E-state index contributed by atoms with van der Waals surface area (Å²) in [6, 6.07) is 12.1. The molecule has 2 aromatic carbocycles. The smallest absolute Gasteiger partial charge is 0.322 e. The summed E-state index contributed by atoms with van der Waals surface area (Å²) in [5.74, 6) is 0.0131. The average molecular weight is 376 g/mol. The molecule has 1 amide bonds. The van der Waals surface area contributed by atoms with Gasteiger partial charge in [-0.15, -0.1) is 0 Å². The number of hydrogen-bond acceptors (Lipinski definition) is 2. The summed E-state index contributed by atoms with van der Waals surface area (Å²) in [5, 5.41) is 2.55. The molecule has 27 heavy (non-hydrogen) atoms. The minimum absolute atomic E-state index is 0.378. The molecule has 0 aromatic heterocycles. The topological polar surface area (TPSA) is 32.3 Å². The number of carbonyl (C=O) groups is 1. The van der Waals surface area contributed by atoms with E-state index in [2.05, 4.69) is 17.1 Å². The van der Waals surface area contributed by atoms with E-state index in [4.69, 9.17) is 0 Å². The molecule has 0 saturated carbocycles. The monoisotopic (exact) mass is 376 g/mol. The van der Waals surface area contributed by atoms with Gasteiger partial charge in [0.15, 0.2) is 0 Å². The van der Waals surface area contributed by atoms with Gasteiger partial charge in [0, 0.05) is 12.2 Å². The Morgan fingerprint density at radius 2 is 1.70 bits per heavy atom. The lowest BCUT2D eigenvalue weighted by Gasteiger charge is -2.30. The number of anilines is 1. The molecule has 1 aliphatic rings. The molecule has 3 rings (SSSR count). The lowest BCUT2D eigenvalue weighted by atomic mass is 9.99. The van der Waals surface area contributed by atoms with Gasteiger partial charge in [-0.2, -0.15) is 13.2 Å². The Morgan fingerprint density at radius 3 is 2.33 bits per heavy atom. The predicted molar refractivity (Wildman–Crippen MR) is 99.5 cm³/mol. The Labute approximate surface area is 157 Å². The first-order valence-electron chi connectivity index (χ1n) is 9.12. The second-order valence-corrected chi connectivity index (χ2v) is 7.15. The molecule has 1 saturated heterocycles. The average Bonchev–Trinajstić information content (AvgIpc) is 2.64. The van der Waals surface area contributed by atoms with E-state index in [1.165, 1.54) is 31.0 Å². The minimum atomic E-state index is -4.57. The van der Waals surface area contributed by atoms with Crippen LogP contribution in [-0.4, -0.2) is 23.9 Å². The van der Waals surface area contributed by atoms with Crippen molar-refractivity contribution < 1.29 is 18.0 Å². The molecule has 0 aliphatic carbocycles. The van der Waals surface area contributed by atoms with E-state index < -0.39 is 17.6 Å². The fourth-order valence-corrected chi connectivity index (χ4v) is 3.30. The quantitative estimate of drug-likeness (QED) is 0.796. The number of likely N-dealkylation sites (tertiary alicyclic amines) is 1. The molecule has 2 aromatic rings. The number of alkyl halides is 3. The van der Waals surface area contributed by atoms with Gasteiger partial charge in [-0.05, 0) is 61.7 Å². The van der Waals surface area contributed by atoms with Crippen molar-refractivity contribution in [2.75, 3.05) is 18.4 Å². The van der Waals surface area contributed by atoms with E-state index in [0.717, 1.165) is 37.2 Å². The molecule has 1 N–H and O–H groups in total. The number of benzene rings is 2. The maximum absolute atomic E-state index is 13.1. The summed E-state index contributed by atoms with van der Waals surface area (Å²) < 4.78 is 39.2. The van der Waals surface area contributed by atoms with Crippen LogP contribution in [0.2, 0.25) is 0 Å². The van der Waals surface area contributed by atoms with Crippen molar-refractivity contribution >= 4 is 11.6 Å². The van der Waals surface area contributed by atoms with Gasteiger partial charge in [-0.3, -0.25) is 9.69 Å². The predicted octanol–water partition coefficient (Wildman–Crippen LogP) is 5.19. The summed E-state index contributed by atoms with van der Waals surface area (Å²) in [6.45, 7) is 5.27. The van der Waals surface area contributed by atoms with Crippen LogP contribution >= 0.6 is 0 Å². The SMILES string of the molecule is CC1CCN(Cc2ccc(NC(=O)c3ccccc3C(F)(F)F)cc2)CC1. The van der Waals surface area contributed by atoms with Crippen LogP contribution in [0, 0.1) is 5.92 Å². The summed E-state index contributed by atoms with van der Waals surface area (Å²) in [7, 11) is 0. The van der Waals surface area contributed by atoms with Gasteiger partial charge in [0.1, 0.15) is 0 Å². The van der Waals surface area contributed by atoms with Crippen molar-refractivity contribution in [3.8, 4) is 0 Å². The lowest BCUT2D eigenvalue weighted by molar-refractivity contribution is -0.137. The van der Waals surface area contributed by atoms with E-state index in [1.54, 1.807) is 12.1 Å². The molecule has 6 heteroatoms. The molecule has 1 heterocycles. The van der Waals surface area contributed by atoms with Crippen LogP contribution in [0.25, 0.3) is 0 Å². The Kier molecular flexibility index (Phi) is 5.85. The molecule has 1 fully saturated rings. The Balaban J connectivity index is 1.64. The van der Waals surface area contributed by atoms with Crippen molar-refractivity contribution in [1.29, 1.82) is 0 Å². The van der Waals surface area contributed by atoms with Crippen molar-refractivity contribution in [3.63, 3.8) is 0 Å². The van der Waals surface area contributed by atoms with Gasteiger partial charge in [0.05, 0.1) is 11.1 Å². The van der Waals surface area contributed by atoms with Crippen LogP contribution in [0.4, 0.5) is 18.9 Å². The number of nitrogens with zero attached hydrogens (tertiary/aromatic N) is 1. The molecule has 0 spiro atoms. The fourth-order valence-electron chi connectivity index (χ4n) is 3.30. The maximum atomic E-state index is 13.1. The summed E-state index contributed by atoms with van der Waals surface area (Å²) >= 11 is 0. The van der Waals surface area contributed by atoms with Crippen molar-refractivity contribution in [2.24, 2.45) is 5.92 Å². The highest BCUT2D eigenvalue weighted by Crippen LogP contribution is 2.32. The number of nitrogens with one attached hydrogen (secondary N) is 1. The molecular weight excluding hydrogens is 353 g/mol. The third-order valence-electron chi connectivity index (χ3n) is 4.97. The zero-order valence-corrected chi connectivity index (χ0v) is 15.2. The van der Waals surface area contributed by atoms with Crippen molar-refractivity contribution in [2.45, 2.75) is 32.5 Å². The number of hydrogen-bond donors (Lipinski definition) is 1. The molecule has 0 atom stereocenters. The number of amides is 1. The van der Waals surface area contributed by atoms with Gasteiger partial charge in [0.25, 0.3) is 5.91 Å². The molecule has 1 aliphatic heterocycles. The highest BCUT2D eigenvalue weighted by Gasteiger charge is 2.34. The lowest BCUT2D eigenvalue weighted by Crippen LogP contribution is -2.32. The van der Waals surface area contributed by atoms with Gasteiger partial charge < -0.3 is 5.32 Å². The first-order valence-corrected chi connectivity index (χ1v) is 9.12. The summed E-state index contributed by atoms with van der Waals surface area (Å²) in [4.78, 5) is 14.7. The number of carbonyl (C=O) groups excluding carboxylic acids is 1. The fraction of sp³-hybridized carbons (Fsp3) is 0.381. The maximum Gasteiger partial charge on any atom is 0.417 e. The van der Waals surface area contributed by atoms with Crippen LogP contribution in [0.15, 0.2) is 48.5 Å². The Hall–Kier alpha value is -2.34. The van der Waals surface area contributed by atoms with Crippen molar-refractivity contribution in [3.05, 3.63) is 65.2 Å². The second kappa shape index (κ2) is 8.13. The number of rotatable bonds is 4. The van der Waals surface area contributed by atoms with Crippen LogP contribution in [0.5, 0.6) is 0 Å². The minimum Gasteiger partial charge on any atom is -0.322 e. The summed E-state index contributed by atoms with van der Waals surface area (Å²) in [6.07, 6.45) is -2.16. The standard InChI is InChI=1S/C21H23F3N2O/c1-15-10-12-26(13-11-15)14-16-6-8-17(9-7-16)25-20(27)18-4-2-3-5-19(18)21(22,23)24/h2-9,15H,10-14H2,1H3,(H,25,27). The van der Waals surface area contributed by atoms with Crippen LogP contribution < -0.4 is 5.32 Å². The van der Waals surface area contributed by atoms with Gasteiger partial charge in [-0.25, -0.2) is 0 Å². The van der Waals surface area contributed by atoms with E-state index in [-0.39, 0.29) is 5.56 Å². The van der Waals surface area contributed by atoms with Gasteiger partial charge in [0.2, 0.25) is 0 Å². The van der Waals surface area contributed by atoms with Gasteiger partial charge >= 0.3 is 6.18 Å². The molecule has 3 nitrogen and oxygen atoms in total. The summed E-state index contributed by atoms with van der Waals surface area (Å²) in [5.41, 5.74) is 0.293. The third kappa shape index (κ3) is 5.10. The van der Waals surface area contributed by atoms with Crippen LogP contribution in [-0.2, 0) is 12.7 Å². The first kappa shape index (κ1) is 19.4. The zero-order valence-electron chi connectivity index (χ0n) is 15.2. The Morgan fingerprint density at radius 1 is 1.07 bits per heavy atom. The molecule has 0 radical (unpaired) electrons. The molecule has 0 unspecified atom stereocenters. The van der Waals surface area contributed by atoms with Gasteiger partial charge in [-0.1, -0.05) is 31.2 Å². The van der Waals surface area contributed by atoms with Crippen LogP contribution in [0.1, 0.15) is 41.3 Å².